The minimum absolute atomic E-state index is 0.259. The monoisotopic (exact) mass is 315 g/mol. The molecule has 0 atom stereocenters. The highest BCUT2D eigenvalue weighted by Crippen LogP contribution is 2.38. The Bertz CT molecular complexity index is 644. The van der Waals surface area contributed by atoms with Crippen molar-refractivity contribution in [3.8, 4) is 17.0 Å². The van der Waals surface area contributed by atoms with Gasteiger partial charge in [0.15, 0.2) is 6.29 Å². The van der Waals surface area contributed by atoms with Gasteiger partial charge < -0.3 is 4.74 Å². The molecule has 1 aromatic heterocycles. The van der Waals surface area contributed by atoms with Crippen molar-refractivity contribution in [1.82, 2.24) is 4.98 Å². The van der Waals surface area contributed by atoms with Gasteiger partial charge >= 0.3 is 0 Å². The van der Waals surface area contributed by atoms with Crippen LogP contribution in [0, 0.1) is 0 Å². The maximum absolute atomic E-state index is 11.0. The lowest BCUT2D eigenvalue weighted by molar-refractivity contribution is 0.112. The average Bonchev–Trinajstić information content (AvgIpc) is 2.44. The molecule has 98 valence electrons. The maximum atomic E-state index is 11.0. The van der Waals surface area contributed by atoms with E-state index in [2.05, 4.69) is 4.98 Å². The summed E-state index contributed by atoms with van der Waals surface area (Å²) in [6.07, 6.45) is 2.22. The Morgan fingerprint density at radius 2 is 1.95 bits per heavy atom. The number of methoxy groups -OCH3 is 1. The van der Waals surface area contributed by atoms with Crippen LogP contribution in [0.15, 0.2) is 24.4 Å². The van der Waals surface area contributed by atoms with Crippen molar-refractivity contribution in [2.45, 2.75) is 0 Å². The van der Waals surface area contributed by atoms with Crippen molar-refractivity contribution in [2.75, 3.05) is 7.11 Å². The molecule has 0 aliphatic carbocycles. The normalized spacial score (nSPS) is 10.3. The molecule has 1 aromatic carbocycles. The molecule has 0 spiro atoms. The highest BCUT2D eigenvalue weighted by Gasteiger charge is 2.13. The Labute approximate surface area is 125 Å². The largest absolute Gasteiger partial charge is 0.480 e. The fourth-order valence-corrected chi connectivity index (χ4v) is 2.26. The average molecular weight is 317 g/mol. The fourth-order valence-electron chi connectivity index (χ4n) is 1.62. The summed E-state index contributed by atoms with van der Waals surface area (Å²) in [4.78, 5) is 15.0. The molecule has 1 heterocycles. The first-order chi connectivity index (χ1) is 9.08. The number of aldehydes is 1. The van der Waals surface area contributed by atoms with E-state index in [9.17, 15) is 4.79 Å². The van der Waals surface area contributed by atoms with Crippen LogP contribution in [0.1, 0.15) is 10.4 Å². The molecule has 0 N–H and O–H groups in total. The van der Waals surface area contributed by atoms with Crippen LogP contribution < -0.4 is 4.74 Å². The lowest BCUT2D eigenvalue weighted by Gasteiger charge is -2.09. The van der Waals surface area contributed by atoms with Gasteiger partial charge in [-0.15, -0.1) is 0 Å². The molecule has 0 fully saturated rings. The summed E-state index contributed by atoms with van der Waals surface area (Å²) < 4.78 is 4.98. The lowest BCUT2D eigenvalue weighted by Crippen LogP contribution is -1.95. The number of halogens is 3. The molecule has 3 nitrogen and oxygen atoms in total. The van der Waals surface area contributed by atoms with Crippen LogP contribution in [-0.4, -0.2) is 18.4 Å². The summed E-state index contributed by atoms with van der Waals surface area (Å²) in [5.41, 5.74) is 1.64. The highest BCUT2D eigenvalue weighted by atomic mass is 35.5. The van der Waals surface area contributed by atoms with E-state index < -0.39 is 0 Å². The Hall–Kier alpha value is -1.29. The number of hydrogen-bond acceptors (Lipinski definition) is 3. The number of benzene rings is 1. The lowest BCUT2D eigenvalue weighted by atomic mass is 10.1. The second-order valence-corrected chi connectivity index (χ2v) is 4.83. The molecular formula is C13H8Cl3NO2. The fraction of sp³-hybridized carbons (Fsp3) is 0.0769. The molecule has 0 aliphatic heterocycles. The number of carbonyl (C=O) groups is 1. The number of nitrogens with zero attached hydrogens (tertiary/aromatic N) is 1. The van der Waals surface area contributed by atoms with E-state index in [1.807, 2.05) is 0 Å². The predicted octanol–water partition coefficient (Wildman–Crippen LogP) is 4.53. The van der Waals surface area contributed by atoms with E-state index in [-0.39, 0.29) is 10.9 Å². The van der Waals surface area contributed by atoms with Crippen LogP contribution in [0.25, 0.3) is 11.1 Å². The Kier molecular flexibility index (Phi) is 4.30. The number of carbonyl (C=O) groups excluding carboxylic acids is 1. The zero-order chi connectivity index (χ0) is 14.0. The van der Waals surface area contributed by atoms with Crippen molar-refractivity contribution in [3.63, 3.8) is 0 Å². The molecule has 0 unspecified atom stereocenters. The third-order valence-electron chi connectivity index (χ3n) is 2.55. The number of pyridine rings is 1. The van der Waals surface area contributed by atoms with Gasteiger partial charge in [-0.3, -0.25) is 4.79 Å². The summed E-state index contributed by atoms with van der Waals surface area (Å²) in [6, 6.07) is 4.98. The Morgan fingerprint density at radius 1 is 1.21 bits per heavy atom. The van der Waals surface area contributed by atoms with Crippen LogP contribution in [0.3, 0.4) is 0 Å². The Morgan fingerprint density at radius 3 is 2.58 bits per heavy atom. The van der Waals surface area contributed by atoms with Crippen LogP contribution in [0.4, 0.5) is 0 Å². The highest BCUT2D eigenvalue weighted by molar-refractivity contribution is 6.49. The molecule has 0 saturated carbocycles. The van der Waals surface area contributed by atoms with Crippen molar-refractivity contribution < 1.29 is 9.53 Å². The zero-order valence-electron chi connectivity index (χ0n) is 9.78. The van der Waals surface area contributed by atoms with Crippen LogP contribution >= 0.6 is 34.8 Å². The summed E-state index contributed by atoms with van der Waals surface area (Å²) in [5, 5.41) is 0.954. The van der Waals surface area contributed by atoms with Crippen LogP contribution in [0.5, 0.6) is 5.88 Å². The topological polar surface area (TPSA) is 39.2 Å². The van der Waals surface area contributed by atoms with E-state index in [4.69, 9.17) is 39.5 Å². The molecule has 2 rings (SSSR count). The molecule has 19 heavy (non-hydrogen) atoms. The van der Waals surface area contributed by atoms with Gasteiger partial charge in [-0.2, -0.15) is 0 Å². The van der Waals surface area contributed by atoms with Gasteiger partial charge in [0.1, 0.15) is 0 Å². The van der Waals surface area contributed by atoms with Gasteiger partial charge in [0.05, 0.1) is 27.7 Å². The standard InChI is InChI=1S/C13H8Cl3NO2/c1-19-13-8(6-18)4-7(5-17-13)9-2-3-10(14)12(16)11(9)15/h2-6H,1H3. The number of hydrogen-bond donors (Lipinski definition) is 0. The van der Waals surface area contributed by atoms with Gasteiger partial charge in [-0.1, -0.05) is 40.9 Å². The first-order valence-corrected chi connectivity index (χ1v) is 6.35. The van der Waals surface area contributed by atoms with E-state index >= 15 is 0 Å². The van der Waals surface area contributed by atoms with Crippen molar-refractivity contribution in [1.29, 1.82) is 0 Å². The van der Waals surface area contributed by atoms with Gasteiger partial charge in [-0.05, 0) is 12.1 Å². The SMILES string of the molecule is COc1ncc(-c2ccc(Cl)c(Cl)c2Cl)cc1C=O. The second-order valence-electron chi connectivity index (χ2n) is 3.66. The third kappa shape index (κ3) is 2.68. The second kappa shape index (κ2) is 5.78. The minimum atomic E-state index is 0.259. The molecule has 0 amide bonds. The van der Waals surface area contributed by atoms with E-state index in [1.165, 1.54) is 7.11 Å². The smallest absolute Gasteiger partial charge is 0.223 e. The van der Waals surface area contributed by atoms with Gasteiger partial charge in [0.25, 0.3) is 0 Å². The summed E-state index contributed by atoms with van der Waals surface area (Å²) >= 11 is 18.0. The number of rotatable bonds is 3. The molecule has 0 bridgehead atoms. The predicted molar refractivity (Wildman–Crippen MR) is 76.6 cm³/mol. The molecule has 0 aliphatic rings. The van der Waals surface area contributed by atoms with Crippen LogP contribution in [-0.2, 0) is 0 Å². The number of aromatic nitrogens is 1. The third-order valence-corrected chi connectivity index (χ3v) is 3.84. The summed E-state index contributed by atoms with van der Waals surface area (Å²) in [5.74, 6) is 0.259. The van der Waals surface area contributed by atoms with E-state index in [0.29, 0.717) is 33.0 Å². The van der Waals surface area contributed by atoms with Crippen molar-refractivity contribution in [2.24, 2.45) is 0 Å². The van der Waals surface area contributed by atoms with Crippen LogP contribution in [0.2, 0.25) is 15.1 Å². The van der Waals surface area contributed by atoms with Gasteiger partial charge in [-0.25, -0.2) is 4.98 Å². The first kappa shape index (κ1) is 14.1. The molecular weight excluding hydrogens is 309 g/mol. The molecule has 6 heteroatoms. The minimum Gasteiger partial charge on any atom is -0.480 e. The first-order valence-electron chi connectivity index (χ1n) is 5.21. The quantitative estimate of drug-likeness (QED) is 0.617. The van der Waals surface area contributed by atoms with E-state index in [1.54, 1.807) is 24.4 Å². The van der Waals surface area contributed by atoms with Gasteiger partial charge in [0.2, 0.25) is 5.88 Å². The number of ether oxygens (including phenoxy) is 1. The Balaban J connectivity index is 2.60. The summed E-state index contributed by atoms with van der Waals surface area (Å²) in [7, 11) is 1.45. The van der Waals surface area contributed by atoms with E-state index in [0.717, 1.165) is 0 Å². The molecule has 2 aromatic rings. The maximum Gasteiger partial charge on any atom is 0.223 e. The zero-order valence-corrected chi connectivity index (χ0v) is 12.1. The molecule has 0 saturated heterocycles. The molecule has 0 radical (unpaired) electrons. The van der Waals surface area contributed by atoms with Crippen molar-refractivity contribution in [3.05, 3.63) is 45.0 Å². The van der Waals surface area contributed by atoms with Crippen molar-refractivity contribution >= 4 is 41.1 Å². The summed E-state index contributed by atoms with van der Waals surface area (Å²) in [6.45, 7) is 0. The van der Waals surface area contributed by atoms with Gasteiger partial charge in [0, 0.05) is 17.3 Å².